The van der Waals surface area contributed by atoms with Crippen molar-refractivity contribution < 1.29 is 4.74 Å². The fourth-order valence-corrected chi connectivity index (χ4v) is 4.36. The lowest BCUT2D eigenvalue weighted by Gasteiger charge is -2.06. The van der Waals surface area contributed by atoms with Crippen LogP contribution < -0.4 is 4.74 Å². The number of para-hydroxylation sites is 1. The van der Waals surface area contributed by atoms with Gasteiger partial charge in [-0.2, -0.15) is 9.61 Å². The molecule has 0 unspecified atom stereocenters. The Morgan fingerprint density at radius 1 is 1.11 bits per heavy atom. The van der Waals surface area contributed by atoms with Crippen LogP contribution in [0.3, 0.4) is 0 Å². The molecule has 138 valence electrons. The first-order valence-corrected chi connectivity index (χ1v) is 9.76. The van der Waals surface area contributed by atoms with Crippen molar-refractivity contribution in [1.29, 1.82) is 0 Å². The van der Waals surface area contributed by atoms with E-state index in [-0.39, 0.29) is 0 Å². The predicted molar refractivity (Wildman–Crippen MR) is 111 cm³/mol. The summed E-state index contributed by atoms with van der Waals surface area (Å²) in [6.07, 6.45) is 1.77. The van der Waals surface area contributed by atoms with Gasteiger partial charge in [-0.05, 0) is 24.6 Å². The first-order valence-electron chi connectivity index (χ1n) is 8.56. The minimum absolute atomic E-state index is 0.640. The average molecular weight is 408 g/mol. The number of aromatic nitrogens is 5. The average Bonchev–Trinajstić information content (AvgIpc) is 3.30. The van der Waals surface area contributed by atoms with Gasteiger partial charge in [0.25, 0.3) is 0 Å². The van der Waals surface area contributed by atoms with E-state index in [2.05, 4.69) is 15.2 Å². The van der Waals surface area contributed by atoms with Crippen molar-refractivity contribution >= 4 is 38.8 Å². The van der Waals surface area contributed by atoms with Crippen molar-refractivity contribution in [2.24, 2.45) is 0 Å². The highest BCUT2D eigenvalue weighted by Crippen LogP contribution is 2.36. The van der Waals surface area contributed by atoms with Crippen molar-refractivity contribution in [3.05, 3.63) is 59.2 Å². The normalized spacial score (nSPS) is 11.4. The number of fused-ring (bicyclic) bond motifs is 2. The quantitative estimate of drug-likeness (QED) is 0.419. The Bertz CT molecular complexity index is 1340. The van der Waals surface area contributed by atoms with Crippen LogP contribution in [-0.2, 0) is 0 Å². The molecule has 6 nitrogen and oxygen atoms in total. The van der Waals surface area contributed by atoms with E-state index in [1.165, 1.54) is 11.3 Å². The summed E-state index contributed by atoms with van der Waals surface area (Å²) in [6.45, 7) is 2.02. The molecule has 5 rings (SSSR count). The Balaban J connectivity index is 1.66. The van der Waals surface area contributed by atoms with Crippen LogP contribution in [0.2, 0.25) is 5.02 Å². The Kier molecular flexibility index (Phi) is 3.99. The van der Waals surface area contributed by atoms with E-state index in [1.807, 2.05) is 49.4 Å². The first-order chi connectivity index (χ1) is 13.7. The Hall–Kier alpha value is -3.03. The highest BCUT2D eigenvalue weighted by Gasteiger charge is 2.18. The van der Waals surface area contributed by atoms with E-state index in [0.29, 0.717) is 15.8 Å². The maximum atomic E-state index is 6.70. The molecule has 0 N–H and O–H groups in total. The molecule has 0 atom stereocenters. The van der Waals surface area contributed by atoms with Gasteiger partial charge < -0.3 is 4.74 Å². The number of hydrogen-bond donors (Lipinski definition) is 0. The fourth-order valence-electron chi connectivity index (χ4n) is 3.16. The van der Waals surface area contributed by atoms with Crippen LogP contribution in [0.4, 0.5) is 0 Å². The molecule has 3 aromatic heterocycles. The summed E-state index contributed by atoms with van der Waals surface area (Å²) in [7, 11) is 1.63. The van der Waals surface area contributed by atoms with Crippen LogP contribution >= 0.6 is 22.9 Å². The number of nitrogens with zero attached hydrogens (tertiary/aromatic N) is 5. The van der Waals surface area contributed by atoms with E-state index in [1.54, 1.807) is 17.8 Å². The smallest absolute Gasteiger partial charge is 0.235 e. The SMILES string of the molecule is COc1cccc(-c2nnc3sc(-c4cnc5c(C)cccc5c4Cl)nn23)c1. The molecule has 5 aromatic rings. The molecule has 3 heterocycles. The highest BCUT2D eigenvalue weighted by molar-refractivity contribution is 7.19. The molecule has 0 amide bonds. The molecule has 0 aliphatic carbocycles. The summed E-state index contributed by atoms with van der Waals surface area (Å²) in [4.78, 5) is 5.28. The van der Waals surface area contributed by atoms with Crippen LogP contribution in [0.15, 0.2) is 48.7 Å². The largest absolute Gasteiger partial charge is 0.497 e. The molecule has 0 radical (unpaired) electrons. The van der Waals surface area contributed by atoms with Crippen molar-refractivity contribution in [3.63, 3.8) is 0 Å². The summed E-state index contributed by atoms with van der Waals surface area (Å²) in [6, 6.07) is 13.6. The van der Waals surface area contributed by atoms with Gasteiger partial charge in [-0.3, -0.25) is 4.98 Å². The van der Waals surface area contributed by atoms with E-state index < -0.39 is 0 Å². The fraction of sp³-hybridized carbons (Fsp3) is 0.100. The summed E-state index contributed by atoms with van der Waals surface area (Å²) in [5.74, 6) is 1.40. The summed E-state index contributed by atoms with van der Waals surface area (Å²) < 4.78 is 7.03. The third kappa shape index (κ3) is 2.63. The van der Waals surface area contributed by atoms with E-state index in [4.69, 9.17) is 21.4 Å². The lowest BCUT2D eigenvalue weighted by molar-refractivity contribution is 0.415. The molecule has 0 aliphatic rings. The van der Waals surface area contributed by atoms with Gasteiger partial charge in [-0.15, -0.1) is 10.2 Å². The Labute approximate surface area is 169 Å². The molecular weight excluding hydrogens is 394 g/mol. The van der Waals surface area contributed by atoms with Crippen molar-refractivity contribution in [2.75, 3.05) is 7.11 Å². The summed E-state index contributed by atoms with van der Waals surface area (Å²) in [5, 5.41) is 15.6. The van der Waals surface area contributed by atoms with Crippen LogP contribution in [0.5, 0.6) is 5.75 Å². The van der Waals surface area contributed by atoms with Crippen molar-refractivity contribution in [2.45, 2.75) is 6.92 Å². The van der Waals surface area contributed by atoms with Crippen LogP contribution in [0.1, 0.15) is 5.56 Å². The molecule has 0 spiro atoms. The number of ether oxygens (including phenoxy) is 1. The molecule has 0 aliphatic heterocycles. The van der Waals surface area contributed by atoms with Gasteiger partial charge in [0.15, 0.2) is 10.8 Å². The number of halogens is 1. The molecule has 28 heavy (non-hydrogen) atoms. The topological polar surface area (TPSA) is 65.2 Å². The number of aryl methyl sites for hydroxylation is 1. The van der Waals surface area contributed by atoms with Crippen LogP contribution in [0.25, 0.3) is 37.8 Å². The minimum atomic E-state index is 0.640. The van der Waals surface area contributed by atoms with Gasteiger partial charge in [0, 0.05) is 17.1 Å². The minimum Gasteiger partial charge on any atom is -0.497 e. The van der Waals surface area contributed by atoms with E-state index in [9.17, 15) is 0 Å². The van der Waals surface area contributed by atoms with Crippen molar-refractivity contribution in [3.8, 4) is 27.7 Å². The second-order valence-electron chi connectivity index (χ2n) is 6.31. The zero-order chi connectivity index (χ0) is 19.3. The molecule has 0 saturated carbocycles. The van der Waals surface area contributed by atoms with Gasteiger partial charge in [0.2, 0.25) is 4.96 Å². The van der Waals surface area contributed by atoms with Gasteiger partial charge in [0.05, 0.1) is 23.2 Å². The second-order valence-corrected chi connectivity index (χ2v) is 7.65. The number of pyridine rings is 1. The predicted octanol–water partition coefficient (Wildman–Crippen LogP) is 5.04. The Morgan fingerprint density at radius 3 is 2.82 bits per heavy atom. The zero-order valence-electron chi connectivity index (χ0n) is 15.0. The zero-order valence-corrected chi connectivity index (χ0v) is 16.6. The van der Waals surface area contributed by atoms with E-state index >= 15 is 0 Å². The van der Waals surface area contributed by atoms with Gasteiger partial charge in [-0.1, -0.05) is 53.3 Å². The molecule has 2 aromatic carbocycles. The van der Waals surface area contributed by atoms with Crippen LogP contribution in [0, 0.1) is 6.92 Å². The number of methoxy groups -OCH3 is 1. The third-order valence-corrected chi connectivity index (χ3v) is 5.92. The van der Waals surface area contributed by atoms with Crippen LogP contribution in [-0.4, -0.2) is 31.9 Å². The highest BCUT2D eigenvalue weighted by atomic mass is 35.5. The first kappa shape index (κ1) is 17.1. The van der Waals surface area contributed by atoms with Crippen molar-refractivity contribution in [1.82, 2.24) is 24.8 Å². The van der Waals surface area contributed by atoms with Gasteiger partial charge in [-0.25, -0.2) is 0 Å². The number of rotatable bonds is 3. The van der Waals surface area contributed by atoms with E-state index in [0.717, 1.165) is 38.4 Å². The molecule has 0 bridgehead atoms. The molecule has 0 fully saturated rings. The maximum absolute atomic E-state index is 6.70. The third-order valence-electron chi connectivity index (χ3n) is 4.58. The lowest BCUT2D eigenvalue weighted by atomic mass is 10.1. The summed E-state index contributed by atoms with van der Waals surface area (Å²) >= 11 is 8.13. The standard InChI is InChI=1S/C20H14ClN5OS/c1-11-5-3-8-14-16(21)15(10-22-17(11)14)19-25-26-18(23-24-20(26)28-19)12-6-4-7-13(9-12)27-2/h3-10H,1-2H3. The maximum Gasteiger partial charge on any atom is 0.235 e. The van der Waals surface area contributed by atoms with Gasteiger partial charge >= 0.3 is 0 Å². The molecule has 8 heteroatoms. The second kappa shape index (κ2) is 6.54. The summed E-state index contributed by atoms with van der Waals surface area (Å²) in [5.41, 5.74) is 3.65. The number of benzene rings is 2. The number of hydrogen-bond acceptors (Lipinski definition) is 6. The lowest BCUT2D eigenvalue weighted by Crippen LogP contribution is -1.93. The monoisotopic (exact) mass is 407 g/mol. The van der Waals surface area contributed by atoms with Gasteiger partial charge in [0.1, 0.15) is 5.75 Å². The Morgan fingerprint density at radius 2 is 1.96 bits per heavy atom. The molecule has 0 saturated heterocycles. The molecular formula is C20H14ClN5OS.